The molecule has 0 spiro atoms. The van der Waals surface area contributed by atoms with Crippen LogP contribution in [0.3, 0.4) is 0 Å². The first kappa shape index (κ1) is 31.0. The molecule has 1 amide bonds. The van der Waals surface area contributed by atoms with Gasteiger partial charge in [-0.1, -0.05) is 30.0 Å². The average molecular weight is 569 g/mol. The van der Waals surface area contributed by atoms with Gasteiger partial charge in [0.1, 0.15) is 35.4 Å². The monoisotopic (exact) mass is 568 g/mol. The molecule has 0 aliphatic carbocycles. The van der Waals surface area contributed by atoms with E-state index in [9.17, 15) is 19.8 Å². The molecule has 1 unspecified atom stereocenters. The van der Waals surface area contributed by atoms with Crippen molar-refractivity contribution in [2.45, 2.75) is 58.2 Å². The first-order chi connectivity index (χ1) is 19.5. The number of amides is 1. The Balaban J connectivity index is 2.00. The van der Waals surface area contributed by atoms with E-state index in [1.54, 1.807) is 26.8 Å². The maximum absolute atomic E-state index is 12.8. The molecule has 1 aliphatic heterocycles. The number of benzene rings is 1. The molecule has 1 aliphatic rings. The molecule has 5 atom stereocenters. The Bertz CT molecular complexity index is 1470. The third-order valence-corrected chi connectivity index (χ3v) is 6.77. The van der Waals surface area contributed by atoms with E-state index < -0.39 is 41.7 Å². The van der Waals surface area contributed by atoms with E-state index in [0.29, 0.717) is 12.0 Å². The molecule has 3 rings (SSSR count). The summed E-state index contributed by atoms with van der Waals surface area (Å²) in [5, 5.41) is 26.0. The van der Waals surface area contributed by atoms with Crippen molar-refractivity contribution < 1.29 is 43.3 Å². The summed E-state index contributed by atoms with van der Waals surface area (Å²) in [6, 6.07) is 2.98. The molecule has 12 heteroatoms. The number of aliphatic hydroxyl groups is 1. The van der Waals surface area contributed by atoms with Gasteiger partial charge < -0.3 is 33.7 Å². The van der Waals surface area contributed by atoms with E-state index >= 15 is 0 Å². The van der Waals surface area contributed by atoms with Crippen LogP contribution in [0.15, 0.2) is 39.2 Å². The number of fused-ring (bicyclic) bond motifs is 1. The largest absolute Gasteiger partial charge is 0.506 e. The number of oxime groups is 1. The zero-order valence-electron chi connectivity index (χ0n) is 23.1. The second kappa shape index (κ2) is 13.2. The zero-order chi connectivity index (χ0) is 30.3. The van der Waals surface area contributed by atoms with Crippen molar-refractivity contribution in [3.63, 3.8) is 0 Å². The van der Waals surface area contributed by atoms with E-state index in [2.05, 4.69) is 23.6 Å². The van der Waals surface area contributed by atoms with E-state index in [-0.39, 0.29) is 47.0 Å². The van der Waals surface area contributed by atoms with Gasteiger partial charge in [-0.05, 0) is 39.3 Å². The summed E-state index contributed by atoms with van der Waals surface area (Å²) in [5.74, 6) is 3.71. The van der Waals surface area contributed by atoms with Gasteiger partial charge in [0.05, 0.1) is 16.7 Å². The fourth-order valence-electron chi connectivity index (χ4n) is 4.42. The molecule has 2 aromatic rings. The molecule has 41 heavy (non-hydrogen) atoms. The van der Waals surface area contributed by atoms with Crippen LogP contribution in [0, 0.1) is 37.5 Å². The van der Waals surface area contributed by atoms with Gasteiger partial charge in [0.25, 0.3) is 0 Å². The van der Waals surface area contributed by atoms with Crippen molar-refractivity contribution in [2.24, 2.45) is 11.1 Å². The lowest BCUT2D eigenvalue weighted by molar-refractivity contribution is -0.289. The molecule has 218 valence electrons. The molecule has 1 aromatic carbocycles. The van der Waals surface area contributed by atoms with Gasteiger partial charge in [0.15, 0.2) is 12.7 Å². The zero-order valence-corrected chi connectivity index (χ0v) is 23.1. The number of carbonyl (C=O) groups is 1. The SMILES string of the molecule is C#CCO/N=C(\C)c1c(O)c2ccc(OC3O[C@@](C)(CC=C)[C@H](C)[C@@H](O)[C@H]3OC(=O)NOCC#C)c(C)c2oc1=O. The topological polar surface area (TPSA) is 158 Å². The van der Waals surface area contributed by atoms with Crippen molar-refractivity contribution in [2.75, 3.05) is 13.2 Å². The van der Waals surface area contributed by atoms with Crippen molar-refractivity contribution in [1.29, 1.82) is 0 Å². The number of rotatable bonds is 10. The molecule has 1 aromatic heterocycles. The Hall–Kier alpha value is -4.49. The first-order valence-electron chi connectivity index (χ1n) is 12.5. The van der Waals surface area contributed by atoms with Crippen LogP contribution in [-0.2, 0) is 19.1 Å². The van der Waals surface area contributed by atoms with Gasteiger partial charge >= 0.3 is 11.7 Å². The van der Waals surface area contributed by atoms with E-state index in [1.807, 2.05) is 5.48 Å². The second-order valence-electron chi connectivity index (χ2n) is 9.49. The lowest BCUT2D eigenvalue weighted by atomic mass is 9.79. The second-order valence-corrected chi connectivity index (χ2v) is 9.49. The van der Waals surface area contributed by atoms with Gasteiger partial charge in [-0.3, -0.25) is 4.84 Å². The van der Waals surface area contributed by atoms with Gasteiger partial charge in [-0.2, -0.15) is 5.48 Å². The van der Waals surface area contributed by atoms with Crippen LogP contribution >= 0.6 is 0 Å². The fourth-order valence-corrected chi connectivity index (χ4v) is 4.42. The summed E-state index contributed by atoms with van der Waals surface area (Å²) in [5.41, 5.74) is 0.440. The van der Waals surface area contributed by atoms with E-state index in [1.165, 1.54) is 19.1 Å². The highest BCUT2D eigenvalue weighted by molar-refractivity contribution is 6.04. The number of terminal acetylenes is 2. The van der Waals surface area contributed by atoms with Crippen molar-refractivity contribution in [3.05, 3.63) is 46.3 Å². The summed E-state index contributed by atoms with van der Waals surface area (Å²) < 4.78 is 23.3. The first-order valence-corrected chi connectivity index (χ1v) is 12.5. The van der Waals surface area contributed by atoms with Gasteiger partial charge in [0, 0.05) is 11.5 Å². The predicted octanol–water partition coefficient (Wildman–Crippen LogP) is 2.91. The molecule has 3 N–H and O–H groups in total. The summed E-state index contributed by atoms with van der Waals surface area (Å²) in [6.07, 6.45) is 7.36. The van der Waals surface area contributed by atoms with Gasteiger partial charge in [-0.15, -0.1) is 19.4 Å². The maximum atomic E-state index is 12.8. The van der Waals surface area contributed by atoms with Crippen LogP contribution in [0.25, 0.3) is 11.0 Å². The highest BCUT2D eigenvalue weighted by Crippen LogP contribution is 2.40. The smallest absolute Gasteiger partial charge is 0.431 e. The lowest BCUT2D eigenvalue weighted by Crippen LogP contribution is -2.62. The highest BCUT2D eigenvalue weighted by Gasteiger charge is 2.52. The number of aryl methyl sites for hydroxylation is 1. The maximum Gasteiger partial charge on any atom is 0.431 e. The molecule has 0 radical (unpaired) electrons. The summed E-state index contributed by atoms with van der Waals surface area (Å²) >= 11 is 0. The molecule has 1 saturated heterocycles. The Morgan fingerprint density at radius 3 is 2.68 bits per heavy atom. The molecule has 0 saturated carbocycles. The number of aromatic hydroxyl groups is 1. The van der Waals surface area contributed by atoms with Crippen LogP contribution in [0.2, 0.25) is 0 Å². The minimum atomic E-state index is -1.32. The third kappa shape index (κ3) is 6.64. The standard InChI is InChI=1S/C29H32N2O10/c1-8-13-29(7)17(5)22(32)25(40-28(35)31-37-15-10-3)27(41-29)38-20-12-11-19-23(33)21(18(6)30-36-14-9-2)26(34)39-24(19)16(20)4/h2-3,8,11-12,17,22,25,27,32-33H,1,13-15H2,4-7H3,(H,31,35)/b30-18+/t17-,22-,25-,27?,29+/m1/s1. The van der Waals surface area contributed by atoms with E-state index in [0.717, 1.165) is 0 Å². The molecular weight excluding hydrogens is 536 g/mol. The normalized spacial score (nSPS) is 24.1. The van der Waals surface area contributed by atoms with Crippen molar-refractivity contribution in [1.82, 2.24) is 5.48 Å². The Morgan fingerprint density at radius 2 is 2.02 bits per heavy atom. The number of ether oxygens (including phenoxy) is 3. The fraction of sp³-hybridized carbons (Fsp3) is 0.414. The van der Waals surface area contributed by atoms with E-state index in [4.69, 9.17) is 41.1 Å². The number of hydroxylamine groups is 1. The number of hydrogen-bond acceptors (Lipinski definition) is 11. The Kier molecular flexibility index (Phi) is 10.0. The van der Waals surface area contributed by atoms with Crippen molar-refractivity contribution in [3.8, 4) is 36.2 Å². The number of nitrogens with zero attached hydrogens (tertiary/aromatic N) is 1. The van der Waals surface area contributed by atoms with Gasteiger partial charge in [0.2, 0.25) is 6.29 Å². The summed E-state index contributed by atoms with van der Waals surface area (Å²) in [7, 11) is 0. The molecular formula is C29H32N2O10. The van der Waals surface area contributed by atoms with Crippen LogP contribution in [0.5, 0.6) is 11.5 Å². The number of aliphatic hydroxyl groups excluding tert-OH is 1. The molecule has 12 nitrogen and oxygen atoms in total. The minimum absolute atomic E-state index is 0.0302. The quantitative estimate of drug-likeness (QED) is 0.0972. The summed E-state index contributed by atoms with van der Waals surface area (Å²) in [4.78, 5) is 34.8. The molecule has 0 bridgehead atoms. The Labute approximate surface area is 236 Å². The number of nitrogens with one attached hydrogen (secondary N) is 1. The molecule has 2 heterocycles. The Morgan fingerprint density at radius 1 is 1.32 bits per heavy atom. The van der Waals surface area contributed by atoms with Crippen LogP contribution in [0.1, 0.15) is 38.3 Å². The van der Waals surface area contributed by atoms with Crippen LogP contribution in [0.4, 0.5) is 4.79 Å². The molecule has 1 fully saturated rings. The summed E-state index contributed by atoms with van der Waals surface area (Å²) in [6.45, 7) is 10.0. The number of carbonyl (C=O) groups excluding carboxylic acids is 1. The lowest BCUT2D eigenvalue weighted by Gasteiger charge is -2.48. The van der Waals surface area contributed by atoms with Crippen LogP contribution < -0.4 is 15.8 Å². The average Bonchev–Trinajstić information content (AvgIpc) is 2.92. The third-order valence-electron chi connectivity index (χ3n) is 6.77. The number of hydrogen-bond donors (Lipinski definition) is 3. The van der Waals surface area contributed by atoms with Crippen molar-refractivity contribution >= 4 is 22.8 Å². The minimum Gasteiger partial charge on any atom is -0.506 e. The predicted molar refractivity (Wildman–Crippen MR) is 148 cm³/mol. The van der Waals surface area contributed by atoms with Gasteiger partial charge in [-0.25, -0.2) is 9.59 Å². The highest BCUT2D eigenvalue weighted by atomic mass is 16.7. The van der Waals surface area contributed by atoms with Crippen LogP contribution in [-0.4, -0.2) is 59.3 Å².